The van der Waals surface area contributed by atoms with E-state index in [0.29, 0.717) is 31.6 Å². The lowest BCUT2D eigenvalue weighted by Crippen LogP contribution is -2.40. The molecule has 0 spiro atoms. The summed E-state index contributed by atoms with van der Waals surface area (Å²) < 4.78 is 1.65. The SMILES string of the molecule is CCCCN(C)C(=O)[C@H]1C[C@@H]2CN(C(=O)c3ccnn3CC)CC(=O)N[C@@H]2C1. The van der Waals surface area contributed by atoms with E-state index in [2.05, 4.69) is 17.3 Å². The first-order valence-corrected chi connectivity index (χ1v) is 10.3. The number of carbonyl (C=O) groups is 3. The summed E-state index contributed by atoms with van der Waals surface area (Å²) in [7, 11) is 1.85. The van der Waals surface area contributed by atoms with Crippen LogP contribution in [0.15, 0.2) is 12.3 Å². The molecule has 0 radical (unpaired) electrons. The van der Waals surface area contributed by atoms with Crippen molar-refractivity contribution in [3.63, 3.8) is 0 Å². The van der Waals surface area contributed by atoms with Crippen molar-refractivity contribution >= 4 is 17.7 Å². The number of rotatable bonds is 6. The maximum Gasteiger partial charge on any atom is 0.272 e. The lowest BCUT2D eigenvalue weighted by molar-refractivity contribution is -0.134. The number of amides is 3. The van der Waals surface area contributed by atoms with Crippen LogP contribution in [-0.4, -0.2) is 70.0 Å². The summed E-state index contributed by atoms with van der Waals surface area (Å²) in [5.74, 6) is -0.172. The normalized spacial score (nSPS) is 24.5. The third-order valence-corrected chi connectivity index (χ3v) is 5.93. The summed E-state index contributed by atoms with van der Waals surface area (Å²) in [6, 6.07) is 1.64. The Balaban J connectivity index is 1.69. The third-order valence-electron chi connectivity index (χ3n) is 5.93. The first-order chi connectivity index (χ1) is 13.4. The molecule has 3 rings (SSSR count). The molecule has 8 heteroatoms. The quantitative estimate of drug-likeness (QED) is 0.790. The van der Waals surface area contributed by atoms with E-state index in [1.165, 1.54) is 0 Å². The maximum atomic E-state index is 13.0. The Bertz CT molecular complexity index is 731. The minimum atomic E-state index is -0.176. The molecule has 3 atom stereocenters. The van der Waals surface area contributed by atoms with Crippen molar-refractivity contribution in [2.45, 2.75) is 52.1 Å². The number of nitrogens with one attached hydrogen (secondary N) is 1. The van der Waals surface area contributed by atoms with Gasteiger partial charge in [0.15, 0.2) is 0 Å². The first kappa shape index (κ1) is 20.4. The average Bonchev–Trinajstić information content (AvgIpc) is 3.28. The maximum absolute atomic E-state index is 13.0. The molecule has 1 saturated carbocycles. The van der Waals surface area contributed by atoms with Crippen molar-refractivity contribution in [3.05, 3.63) is 18.0 Å². The highest BCUT2D eigenvalue weighted by Crippen LogP contribution is 2.34. The predicted octanol–water partition coefficient (Wildman–Crippen LogP) is 1.13. The third kappa shape index (κ3) is 4.20. The summed E-state index contributed by atoms with van der Waals surface area (Å²) in [6.07, 6.45) is 5.01. The van der Waals surface area contributed by atoms with Crippen LogP contribution in [0.3, 0.4) is 0 Å². The number of unbranched alkanes of at least 4 members (excludes halogenated alkanes) is 1. The summed E-state index contributed by atoms with van der Waals surface area (Å²) in [6.45, 7) is 5.93. The summed E-state index contributed by atoms with van der Waals surface area (Å²) in [5.41, 5.74) is 0.499. The molecule has 1 aliphatic carbocycles. The summed E-state index contributed by atoms with van der Waals surface area (Å²) in [4.78, 5) is 41.6. The van der Waals surface area contributed by atoms with Gasteiger partial charge in [0.25, 0.3) is 5.91 Å². The van der Waals surface area contributed by atoms with Crippen molar-refractivity contribution in [2.75, 3.05) is 26.7 Å². The molecule has 1 N–H and O–H groups in total. The number of carbonyl (C=O) groups excluding carboxylic acids is 3. The first-order valence-electron chi connectivity index (χ1n) is 10.3. The van der Waals surface area contributed by atoms with E-state index >= 15 is 0 Å². The van der Waals surface area contributed by atoms with Gasteiger partial charge in [-0.1, -0.05) is 13.3 Å². The molecule has 0 bridgehead atoms. The fourth-order valence-electron chi connectivity index (χ4n) is 4.38. The van der Waals surface area contributed by atoms with Crippen molar-refractivity contribution in [3.8, 4) is 0 Å². The number of nitrogens with zero attached hydrogens (tertiary/aromatic N) is 4. The van der Waals surface area contributed by atoms with Gasteiger partial charge in [-0.3, -0.25) is 19.1 Å². The van der Waals surface area contributed by atoms with Crippen LogP contribution < -0.4 is 5.32 Å². The van der Waals surface area contributed by atoms with Crippen LogP contribution in [0.4, 0.5) is 0 Å². The highest BCUT2D eigenvalue weighted by Gasteiger charge is 2.43. The topological polar surface area (TPSA) is 87.5 Å². The van der Waals surface area contributed by atoms with Gasteiger partial charge in [-0.05, 0) is 38.2 Å². The largest absolute Gasteiger partial charge is 0.351 e. The van der Waals surface area contributed by atoms with Crippen molar-refractivity contribution in [1.82, 2.24) is 24.9 Å². The smallest absolute Gasteiger partial charge is 0.272 e. The molecule has 154 valence electrons. The molecule has 2 aliphatic rings. The number of aromatic nitrogens is 2. The standard InChI is InChI=1S/C20H31N5O3/c1-4-6-9-23(3)19(27)14-10-15-12-24(13-18(26)22-16(15)11-14)20(28)17-7-8-21-25(17)5-2/h7-8,14-16H,4-6,9-13H2,1-3H3,(H,22,26)/t14-,15+,16+/m0/s1. The van der Waals surface area contributed by atoms with E-state index in [-0.39, 0.29) is 42.1 Å². The molecule has 1 aromatic rings. The van der Waals surface area contributed by atoms with Gasteiger partial charge in [-0.15, -0.1) is 0 Å². The van der Waals surface area contributed by atoms with Crippen LogP contribution in [0, 0.1) is 11.8 Å². The molecule has 1 saturated heterocycles. The second kappa shape index (κ2) is 8.75. The fourth-order valence-corrected chi connectivity index (χ4v) is 4.38. The Kier molecular flexibility index (Phi) is 6.36. The molecule has 8 nitrogen and oxygen atoms in total. The molecule has 0 aromatic carbocycles. The minimum Gasteiger partial charge on any atom is -0.351 e. The van der Waals surface area contributed by atoms with Gasteiger partial charge in [0.2, 0.25) is 11.8 Å². The van der Waals surface area contributed by atoms with Crippen molar-refractivity contribution in [2.24, 2.45) is 11.8 Å². The van der Waals surface area contributed by atoms with Gasteiger partial charge in [0.1, 0.15) is 5.69 Å². The zero-order valence-corrected chi connectivity index (χ0v) is 17.1. The lowest BCUT2D eigenvalue weighted by atomic mass is 10.0. The molecule has 1 aromatic heterocycles. The fraction of sp³-hybridized carbons (Fsp3) is 0.700. The minimum absolute atomic E-state index is 0.0464. The van der Waals surface area contributed by atoms with Crippen molar-refractivity contribution < 1.29 is 14.4 Å². The Hall–Kier alpha value is -2.38. The van der Waals surface area contributed by atoms with Gasteiger partial charge in [0.05, 0.1) is 6.54 Å². The summed E-state index contributed by atoms with van der Waals surface area (Å²) >= 11 is 0. The summed E-state index contributed by atoms with van der Waals surface area (Å²) in [5, 5.41) is 7.20. The molecule has 3 amide bonds. The number of hydrogen-bond acceptors (Lipinski definition) is 4. The highest BCUT2D eigenvalue weighted by atomic mass is 16.2. The van der Waals surface area contributed by atoms with Gasteiger partial charge in [-0.25, -0.2) is 0 Å². The highest BCUT2D eigenvalue weighted by molar-refractivity contribution is 5.95. The Morgan fingerprint density at radius 3 is 2.82 bits per heavy atom. The second-order valence-corrected chi connectivity index (χ2v) is 7.93. The van der Waals surface area contributed by atoms with E-state index < -0.39 is 0 Å². The zero-order chi connectivity index (χ0) is 20.3. The molecule has 1 aliphatic heterocycles. The van der Waals surface area contributed by atoms with E-state index in [0.717, 1.165) is 19.4 Å². The lowest BCUT2D eigenvalue weighted by Gasteiger charge is -2.24. The molecule has 2 heterocycles. The Morgan fingerprint density at radius 1 is 1.32 bits per heavy atom. The zero-order valence-electron chi connectivity index (χ0n) is 17.1. The molecular weight excluding hydrogens is 358 g/mol. The van der Waals surface area contributed by atoms with Gasteiger partial charge < -0.3 is 15.1 Å². The average molecular weight is 390 g/mol. The van der Waals surface area contributed by atoms with E-state index in [9.17, 15) is 14.4 Å². The monoisotopic (exact) mass is 389 g/mol. The van der Waals surface area contributed by atoms with Gasteiger partial charge in [0, 0.05) is 44.8 Å². The second-order valence-electron chi connectivity index (χ2n) is 7.93. The number of aryl methyl sites for hydroxylation is 1. The van der Waals surface area contributed by atoms with Crippen molar-refractivity contribution in [1.29, 1.82) is 0 Å². The van der Waals surface area contributed by atoms with E-state index in [1.54, 1.807) is 21.8 Å². The number of fused-ring (bicyclic) bond motifs is 1. The van der Waals surface area contributed by atoms with Crippen LogP contribution in [0.25, 0.3) is 0 Å². The Labute approximate surface area is 166 Å². The van der Waals surface area contributed by atoms with Crippen LogP contribution in [0.5, 0.6) is 0 Å². The van der Waals surface area contributed by atoms with Gasteiger partial charge in [-0.2, -0.15) is 5.10 Å². The van der Waals surface area contributed by atoms with Crippen LogP contribution in [-0.2, 0) is 16.1 Å². The Morgan fingerprint density at radius 2 is 2.11 bits per heavy atom. The van der Waals surface area contributed by atoms with Gasteiger partial charge >= 0.3 is 0 Å². The predicted molar refractivity (Wildman–Crippen MR) is 104 cm³/mol. The van der Waals surface area contributed by atoms with E-state index in [4.69, 9.17) is 0 Å². The number of hydrogen-bond donors (Lipinski definition) is 1. The van der Waals surface area contributed by atoms with E-state index in [1.807, 2.05) is 18.9 Å². The molecule has 28 heavy (non-hydrogen) atoms. The molecule has 0 unspecified atom stereocenters. The molecular formula is C20H31N5O3. The van der Waals surface area contributed by atoms with Crippen LogP contribution in [0.2, 0.25) is 0 Å². The van der Waals surface area contributed by atoms with Crippen LogP contribution >= 0.6 is 0 Å². The van der Waals surface area contributed by atoms with Crippen LogP contribution in [0.1, 0.15) is 50.0 Å². The molecule has 2 fully saturated rings.